The molecule has 1 unspecified atom stereocenters. The Morgan fingerprint density at radius 3 is 2.86 bits per heavy atom. The summed E-state index contributed by atoms with van der Waals surface area (Å²) in [7, 11) is 0. The normalized spacial score (nSPS) is 17.7. The summed E-state index contributed by atoms with van der Waals surface area (Å²) in [5.41, 5.74) is 6.92. The summed E-state index contributed by atoms with van der Waals surface area (Å²) in [6.07, 6.45) is 0.623. The van der Waals surface area contributed by atoms with Gasteiger partial charge in [-0.2, -0.15) is 0 Å². The zero-order valence-corrected chi connectivity index (χ0v) is 12.3. The minimum absolute atomic E-state index is 0.234. The van der Waals surface area contributed by atoms with E-state index < -0.39 is 11.9 Å². The molecule has 7 heteroatoms. The molecule has 1 amide bonds. The SMILES string of the molecule is NCC1CN(c2ccc(-c3ccnc(Cl)c3)c(F)c2)C(=O)O1. The van der Waals surface area contributed by atoms with Crippen molar-refractivity contribution >= 4 is 23.4 Å². The van der Waals surface area contributed by atoms with Crippen LogP contribution in [0, 0.1) is 5.82 Å². The monoisotopic (exact) mass is 321 g/mol. The first-order valence-electron chi connectivity index (χ1n) is 6.68. The fourth-order valence-corrected chi connectivity index (χ4v) is 2.51. The molecule has 0 saturated carbocycles. The molecule has 1 aromatic heterocycles. The standard InChI is InChI=1S/C15H13ClFN3O2/c16-14-5-9(3-4-19-14)12-2-1-10(6-13(12)17)20-8-11(7-18)22-15(20)21/h1-6,11H,7-8,18H2. The summed E-state index contributed by atoms with van der Waals surface area (Å²) in [5.74, 6) is -0.455. The first-order chi connectivity index (χ1) is 10.6. The number of benzene rings is 1. The average Bonchev–Trinajstić information content (AvgIpc) is 2.88. The van der Waals surface area contributed by atoms with E-state index in [0.29, 0.717) is 23.4 Å². The van der Waals surface area contributed by atoms with Crippen LogP contribution in [0.2, 0.25) is 5.15 Å². The van der Waals surface area contributed by atoms with Crippen molar-refractivity contribution in [1.82, 2.24) is 4.98 Å². The van der Waals surface area contributed by atoms with Gasteiger partial charge in [0.2, 0.25) is 0 Å². The molecule has 22 heavy (non-hydrogen) atoms. The van der Waals surface area contributed by atoms with E-state index in [1.165, 1.54) is 17.2 Å². The Morgan fingerprint density at radius 2 is 2.23 bits per heavy atom. The van der Waals surface area contributed by atoms with Crippen molar-refractivity contribution in [2.75, 3.05) is 18.0 Å². The maximum Gasteiger partial charge on any atom is 0.414 e. The number of amides is 1. The Balaban J connectivity index is 1.91. The number of ether oxygens (including phenoxy) is 1. The highest BCUT2D eigenvalue weighted by Gasteiger charge is 2.31. The Bertz CT molecular complexity index is 726. The number of anilines is 1. The lowest BCUT2D eigenvalue weighted by molar-refractivity contribution is 0.145. The van der Waals surface area contributed by atoms with Gasteiger partial charge in [0.05, 0.1) is 12.2 Å². The van der Waals surface area contributed by atoms with E-state index in [9.17, 15) is 9.18 Å². The number of nitrogens with zero attached hydrogens (tertiary/aromatic N) is 2. The molecule has 2 heterocycles. The molecule has 1 aromatic carbocycles. The minimum Gasteiger partial charge on any atom is -0.443 e. The molecule has 2 N–H and O–H groups in total. The molecule has 1 aliphatic rings. The molecular weight excluding hydrogens is 309 g/mol. The zero-order valence-electron chi connectivity index (χ0n) is 11.5. The lowest BCUT2D eigenvalue weighted by Gasteiger charge is -2.14. The maximum absolute atomic E-state index is 14.4. The van der Waals surface area contributed by atoms with Crippen LogP contribution in [-0.4, -0.2) is 30.3 Å². The van der Waals surface area contributed by atoms with E-state index >= 15 is 0 Å². The molecule has 2 aromatic rings. The predicted octanol–water partition coefficient (Wildman–Crippen LogP) is 2.83. The quantitative estimate of drug-likeness (QED) is 0.883. The first-order valence-corrected chi connectivity index (χ1v) is 7.06. The van der Waals surface area contributed by atoms with Crippen molar-refractivity contribution in [1.29, 1.82) is 0 Å². The van der Waals surface area contributed by atoms with Crippen molar-refractivity contribution in [2.45, 2.75) is 6.10 Å². The number of carbonyl (C=O) groups is 1. The summed E-state index contributed by atoms with van der Waals surface area (Å²) >= 11 is 5.82. The van der Waals surface area contributed by atoms with Gasteiger partial charge in [0.15, 0.2) is 0 Å². The van der Waals surface area contributed by atoms with Crippen LogP contribution >= 0.6 is 11.6 Å². The van der Waals surface area contributed by atoms with Gasteiger partial charge in [-0.3, -0.25) is 4.90 Å². The molecule has 0 spiro atoms. The fourth-order valence-electron chi connectivity index (χ4n) is 2.33. The highest BCUT2D eigenvalue weighted by molar-refractivity contribution is 6.29. The molecule has 1 fully saturated rings. The number of pyridine rings is 1. The van der Waals surface area contributed by atoms with Gasteiger partial charge in [-0.15, -0.1) is 0 Å². The van der Waals surface area contributed by atoms with Crippen LogP contribution in [0.3, 0.4) is 0 Å². The molecule has 0 bridgehead atoms. The van der Waals surface area contributed by atoms with E-state index in [4.69, 9.17) is 22.1 Å². The van der Waals surface area contributed by atoms with Crippen LogP contribution in [0.5, 0.6) is 0 Å². The zero-order chi connectivity index (χ0) is 15.7. The molecule has 1 atom stereocenters. The number of cyclic esters (lactones) is 1. The molecule has 0 aliphatic carbocycles. The molecule has 5 nitrogen and oxygen atoms in total. The molecule has 114 valence electrons. The molecular formula is C15H13ClFN3O2. The van der Waals surface area contributed by atoms with E-state index in [1.54, 1.807) is 24.3 Å². The van der Waals surface area contributed by atoms with Crippen LogP contribution in [0.15, 0.2) is 36.5 Å². The topological polar surface area (TPSA) is 68.5 Å². The van der Waals surface area contributed by atoms with Crippen LogP contribution in [-0.2, 0) is 4.74 Å². The second kappa shape index (κ2) is 5.90. The Hall–Kier alpha value is -2.18. The van der Waals surface area contributed by atoms with Gasteiger partial charge >= 0.3 is 6.09 Å². The molecule has 1 aliphatic heterocycles. The smallest absolute Gasteiger partial charge is 0.414 e. The maximum atomic E-state index is 14.4. The highest BCUT2D eigenvalue weighted by Crippen LogP contribution is 2.29. The number of carbonyl (C=O) groups excluding carboxylic acids is 1. The van der Waals surface area contributed by atoms with Gasteiger partial charge in [-0.05, 0) is 35.9 Å². The van der Waals surface area contributed by atoms with Crippen LogP contribution < -0.4 is 10.6 Å². The number of aromatic nitrogens is 1. The number of nitrogens with two attached hydrogens (primary N) is 1. The number of rotatable bonds is 3. The van der Waals surface area contributed by atoms with Crippen molar-refractivity contribution in [2.24, 2.45) is 5.73 Å². The third-order valence-electron chi connectivity index (χ3n) is 3.44. The summed E-state index contributed by atoms with van der Waals surface area (Å²) in [4.78, 5) is 17.0. The lowest BCUT2D eigenvalue weighted by atomic mass is 10.1. The minimum atomic E-state index is -0.519. The van der Waals surface area contributed by atoms with Crippen LogP contribution in [0.1, 0.15) is 0 Å². The second-order valence-corrected chi connectivity index (χ2v) is 5.27. The van der Waals surface area contributed by atoms with Crippen molar-refractivity contribution < 1.29 is 13.9 Å². The summed E-state index contributed by atoms with van der Waals surface area (Å²) in [6.45, 7) is 0.549. The van der Waals surface area contributed by atoms with E-state index in [-0.39, 0.29) is 17.8 Å². The Kier molecular flexibility index (Phi) is 3.96. The van der Waals surface area contributed by atoms with E-state index in [1.807, 2.05) is 0 Å². The van der Waals surface area contributed by atoms with Gasteiger partial charge in [-0.25, -0.2) is 14.2 Å². The lowest BCUT2D eigenvalue weighted by Crippen LogP contribution is -2.27. The van der Waals surface area contributed by atoms with Crippen molar-refractivity contribution in [3.05, 3.63) is 47.5 Å². The van der Waals surface area contributed by atoms with Gasteiger partial charge in [0.25, 0.3) is 0 Å². The largest absolute Gasteiger partial charge is 0.443 e. The summed E-state index contributed by atoms with van der Waals surface area (Å²) in [5, 5.41) is 0.287. The van der Waals surface area contributed by atoms with E-state index in [0.717, 1.165) is 0 Å². The van der Waals surface area contributed by atoms with Gasteiger partial charge in [0, 0.05) is 18.3 Å². The average molecular weight is 322 g/mol. The third kappa shape index (κ3) is 2.75. The predicted molar refractivity (Wildman–Crippen MR) is 81.3 cm³/mol. The number of hydrogen-bond acceptors (Lipinski definition) is 4. The van der Waals surface area contributed by atoms with E-state index in [2.05, 4.69) is 4.98 Å². The number of hydrogen-bond donors (Lipinski definition) is 1. The fraction of sp³-hybridized carbons (Fsp3) is 0.200. The van der Waals surface area contributed by atoms with Gasteiger partial charge < -0.3 is 10.5 Å². The number of halogens is 2. The molecule has 1 saturated heterocycles. The molecule has 0 radical (unpaired) electrons. The molecule has 3 rings (SSSR count). The first kappa shape index (κ1) is 14.7. The van der Waals surface area contributed by atoms with Crippen LogP contribution in [0.25, 0.3) is 11.1 Å². The second-order valence-electron chi connectivity index (χ2n) is 4.88. The summed E-state index contributed by atoms with van der Waals surface area (Å²) in [6, 6.07) is 7.79. The van der Waals surface area contributed by atoms with Crippen LogP contribution in [0.4, 0.5) is 14.9 Å². The van der Waals surface area contributed by atoms with Crippen molar-refractivity contribution in [3.8, 4) is 11.1 Å². The third-order valence-corrected chi connectivity index (χ3v) is 3.65. The highest BCUT2D eigenvalue weighted by atomic mass is 35.5. The Labute approximate surface area is 131 Å². The van der Waals surface area contributed by atoms with Gasteiger partial charge in [0.1, 0.15) is 17.1 Å². The van der Waals surface area contributed by atoms with Crippen molar-refractivity contribution in [3.63, 3.8) is 0 Å². The summed E-state index contributed by atoms with van der Waals surface area (Å²) < 4.78 is 19.4. The van der Waals surface area contributed by atoms with Gasteiger partial charge in [-0.1, -0.05) is 11.6 Å². The Morgan fingerprint density at radius 1 is 1.41 bits per heavy atom.